The van der Waals surface area contributed by atoms with Crippen molar-refractivity contribution >= 4 is 28.4 Å². The molecule has 0 aromatic heterocycles. The van der Waals surface area contributed by atoms with Crippen molar-refractivity contribution in [2.45, 2.75) is 0 Å². The maximum Gasteiger partial charge on any atom is 0.0541 e. The van der Waals surface area contributed by atoms with Gasteiger partial charge in [0.25, 0.3) is 0 Å². The van der Waals surface area contributed by atoms with E-state index in [-0.39, 0.29) is 0 Å². The fraction of sp³-hybridized carbons (Fsp3) is 0.111. The van der Waals surface area contributed by atoms with E-state index in [1.807, 2.05) is 42.0 Å². The molecule has 0 saturated carbocycles. The molecule has 1 aromatic carbocycles. The second-order valence-corrected chi connectivity index (χ2v) is 3.18. The molecule has 58 valence electrons. The van der Waals surface area contributed by atoms with E-state index >= 15 is 0 Å². The highest BCUT2D eigenvalue weighted by Crippen LogP contribution is 2.20. The lowest BCUT2D eigenvalue weighted by molar-refractivity contribution is 1.65. The minimum Gasteiger partial charge on any atom is -0.136 e. The van der Waals surface area contributed by atoms with Gasteiger partial charge in [-0.1, -0.05) is 41.9 Å². The van der Waals surface area contributed by atoms with Crippen LogP contribution in [0.2, 0.25) is 0 Å². The Morgan fingerprint density at radius 3 is 2.55 bits per heavy atom. The Labute approximate surface area is 76.3 Å². The van der Waals surface area contributed by atoms with Gasteiger partial charge in [0.1, 0.15) is 0 Å². The van der Waals surface area contributed by atoms with Gasteiger partial charge in [-0.05, 0) is 17.2 Å². The maximum atomic E-state index is 5.95. The third-order valence-corrected chi connectivity index (χ3v) is 2.20. The predicted octanol–water partition coefficient (Wildman–Crippen LogP) is 3.59. The summed E-state index contributed by atoms with van der Waals surface area (Å²) in [6, 6.07) is 9.93. The van der Waals surface area contributed by atoms with Gasteiger partial charge < -0.3 is 0 Å². The molecule has 0 N–H and O–H groups in total. The van der Waals surface area contributed by atoms with E-state index in [1.165, 1.54) is 0 Å². The van der Waals surface area contributed by atoms with E-state index in [4.69, 9.17) is 11.6 Å². The van der Waals surface area contributed by atoms with Crippen LogP contribution in [0.15, 0.2) is 35.7 Å². The van der Waals surface area contributed by atoms with Gasteiger partial charge in [-0.25, -0.2) is 0 Å². The van der Waals surface area contributed by atoms with Crippen molar-refractivity contribution in [1.29, 1.82) is 0 Å². The van der Waals surface area contributed by atoms with Crippen LogP contribution < -0.4 is 0 Å². The molecule has 0 aliphatic carbocycles. The third kappa shape index (κ3) is 2.60. The molecule has 1 rings (SSSR count). The molecule has 0 unspecified atom stereocenters. The van der Waals surface area contributed by atoms with Crippen LogP contribution in [0.4, 0.5) is 0 Å². The molecule has 1 aromatic rings. The minimum atomic E-state index is 0.804. The first kappa shape index (κ1) is 8.69. The number of benzene rings is 1. The first-order chi connectivity index (χ1) is 5.34. The molecule has 0 saturated heterocycles. The molecule has 0 heterocycles. The quantitative estimate of drug-likeness (QED) is 0.677. The molecule has 2 heteroatoms. The van der Waals surface area contributed by atoms with Crippen molar-refractivity contribution < 1.29 is 0 Å². The molecule has 0 aliphatic heterocycles. The molecule has 0 amide bonds. The van der Waals surface area contributed by atoms with Gasteiger partial charge in [0.2, 0.25) is 0 Å². The van der Waals surface area contributed by atoms with Crippen molar-refractivity contribution in [3.63, 3.8) is 0 Å². The predicted molar refractivity (Wildman–Crippen MR) is 53.8 cm³/mol. The first-order valence-electron chi connectivity index (χ1n) is 3.28. The van der Waals surface area contributed by atoms with Crippen LogP contribution in [0.1, 0.15) is 5.56 Å². The number of halogens is 1. The highest BCUT2D eigenvalue weighted by atomic mass is 35.5. The third-order valence-electron chi connectivity index (χ3n) is 1.27. The Hall–Kier alpha value is -0.400. The summed E-state index contributed by atoms with van der Waals surface area (Å²) in [4.78, 5) is 0. The fourth-order valence-corrected chi connectivity index (χ4v) is 1.51. The van der Waals surface area contributed by atoms with Gasteiger partial charge in [-0.3, -0.25) is 0 Å². The van der Waals surface area contributed by atoms with Gasteiger partial charge in [-0.2, -0.15) is 0 Å². The molecule has 0 nitrogen and oxygen atoms in total. The van der Waals surface area contributed by atoms with Crippen molar-refractivity contribution in [3.05, 3.63) is 41.3 Å². The molecule has 0 atom stereocenters. The molecule has 0 aliphatic rings. The molecule has 0 spiro atoms. The lowest BCUT2D eigenvalue weighted by atomic mass is 10.2. The highest BCUT2D eigenvalue weighted by molar-refractivity contribution is 8.01. The summed E-state index contributed by atoms with van der Waals surface area (Å²) >= 11 is 7.56. The zero-order valence-electron chi connectivity index (χ0n) is 6.25. The van der Waals surface area contributed by atoms with Crippen molar-refractivity contribution in [3.8, 4) is 0 Å². The van der Waals surface area contributed by atoms with Crippen LogP contribution >= 0.6 is 23.4 Å². The van der Waals surface area contributed by atoms with Crippen LogP contribution in [0, 0.1) is 0 Å². The van der Waals surface area contributed by atoms with Crippen molar-refractivity contribution in [2.24, 2.45) is 0 Å². The lowest BCUT2D eigenvalue weighted by Crippen LogP contribution is -1.72. The number of thioether (sulfide) groups is 1. The van der Waals surface area contributed by atoms with Gasteiger partial charge >= 0.3 is 0 Å². The van der Waals surface area contributed by atoms with E-state index in [0.717, 1.165) is 10.6 Å². The average Bonchev–Trinajstić information content (AvgIpc) is 2.07. The van der Waals surface area contributed by atoms with Crippen LogP contribution in [0.25, 0.3) is 5.03 Å². The SMILES string of the molecule is CS/C=C(\Cl)c1ccccc1. The number of rotatable bonds is 2. The van der Waals surface area contributed by atoms with Crippen molar-refractivity contribution in [1.82, 2.24) is 0 Å². The first-order valence-corrected chi connectivity index (χ1v) is 4.95. The van der Waals surface area contributed by atoms with Gasteiger partial charge in [0.15, 0.2) is 0 Å². The Balaban J connectivity index is 2.85. The van der Waals surface area contributed by atoms with E-state index in [9.17, 15) is 0 Å². The van der Waals surface area contributed by atoms with E-state index in [0.29, 0.717) is 0 Å². The summed E-state index contributed by atoms with van der Waals surface area (Å²) in [5.74, 6) is 0. The van der Waals surface area contributed by atoms with E-state index in [2.05, 4.69) is 0 Å². The standard InChI is InChI=1S/C9H9ClS/c1-11-7-9(10)8-5-3-2-4-6-8/h2-7H,1H3/b9-7-. The average molecular weight is 185 g/mol. The Morgan fingerprint density at radius 1 is 1.36 bits per heavy atom. The van der Waals surface area contributed by atoms with E-state index < -0.39 is 0 Å². The van der Waals surface area contributed by atoms with Crippen LogP contribution in [-0.4, -0.2) is 6.26 Å². The maximum absolute atomic E-state index is 5.95. The normalized spacial score (nSPS) is 11.6. The minimum absolute atomic E-state index is 0.804. The van der Waals surface area contributed by atoms with Crippen LogP contribution in [0.5, 0.6) is 0 Å². The summed E-state index contributed by atoms with van der Waals surface area (Å²) < 4.78 is 0. The Bertz CT molecular complexity index is 241. The largest absolute Gasteiger partial charge is 0.136 e. The summed E-state index contributed by atoms with van der Waals surface area (Å²) in [5, 5.41) is 2.73. The molecular weight excluding hydrogens is 176 g/mol. The second-order valence-electron chi connectivity index (χ2n) is 2.07. The van der Waals surface area contributed by atoms with Crippen LogP contribution in [-0.2, 0) is 0 Å². The molecule has 0 bridgehead atoms. The molecular formula is C9H9ClS. The summed E-state index contributed by atoms with van der Waals surface area (Å²) in [7, 11) is 0. The zero-order valence-corrected chi connectivity index (χ0v) is 7.82. The number of hydrogen-bond donors (Lipinski definition) is 0. The molecule has 0 fully saturated rings. The topological polar surface area (TPSA) is 0 Å². The van der Waals surface area contributed by atoms with Gasteiger partial charge in [0, 0.05) is 0 Å². The van der Waals surface area contributed by atoms with Crippen molar-refractivity contribution in [2.75, 3.05) is 6.26 Å². The zero-order chi connectivity index (χ0) is 8.10. The van der Waals surface area contributed by atoms with E-state index in [1.54, 1.807) is 11.8 Å². The van der Waals surface area contributed by atoms with Gasteiger partial charge in [-0.15, -0.1) is 11.8 Å². The van der Waals surface area contributed by atoms with Crippen LogP contribution in [0.3, 0.4) is 0 Å². The second kappa shape index (κ2) is 4.47. The highest BCUT2D eigenvalue weighted by Gasteiger charge is 1.93. The summed E-state index contributed by atoms with van der Waals surface area (Å²) in [5.41, 5.74) is 1.07. The van der Waals surface area contributed by atoms with Gasteiger partial charge in [0.05, 0.1) is 5.03 Å². The summed E-state index contributed by atoms with van der Waals surface area (Å²) in [6.07, 6.45) is 1.99. The molecule has 0 radical (unpaired) electrons. The fourth-order valence-electron chi connectivity index (χ4n) is 0.769. The number of hydrogen-bond acceptors (Lipinski definition) is 1. The Morgan fingerprint density at radius 2 is 2.00 bits per heavy atom. The monoisotopic (exact) mass is 184 g/mol. The molecule has 11 heavy (non-hydrogen) atoms. The Kier molecular flexibility index (Phi) is 3.53. The lowest BCUT2D eigenvalue weighted by Gasteiger charge is -1.95. The summed E-state index contributed by atoms with van der Waals surface area (Å²) in [6.45, 7) is 0. The smallest absolute Gasteiger partial charge is 0.0541 e.